The lowest BCUT2D eigenvalue weighted by Crippen LogP contribution is -2.46. The number of nitrogens with one attached hydrogen (secondary N) is 1. The Labute approximate surface area is 74.9 Å². The van der Waals surface area contributed by atoms with Crippen molar-refractivity contribution in [2.24, 2.45) is 4.99 Å². The first-order chi connectivity index (χ1) is 5.49. The van der Waals surface area contributed by atoms with Gasteiger partial charge in [0.2, 0.25) is 0 Å². The fourth-order valence-electron chi connectivity index (χ4n) is 1.88. The molecule has 0 aliphatic carbocycles. The first-order valence-electron chi connectivity index (χ1n) is 4.49. The molecule has 12 heavy (non-hydrogen) atoms. The van der Waals surface area contributed by atoms with Crippen LogP contribution in [0.15, 0.2) is 4.99 Å². The predicted octanol–water partition coefficient (Wildman–Crippen LogP) is 1.06. The van der Waals surface area contributed by atoms with Gasteiger partial charge in [0, 0.05) is 19.6 Å². The third-order valence-corrected chi connectivity index (χ3v) is 2.29. The van der Waals surface area contributed by atoms with Gasteiger partial charge in [-0.25, -0.2) is 0 Å². The maximum absolute atomic E-state index is 4.22. The number of nitrogens with zero attached hydrogens (tertiary/aromatic N) is 2. The monoisotopic (exact) mass is 169 g/mol. The number of hydrogen-bond donors (Lipinski definition) is 1. The lowest BCUT2D eigenvalue weighted by atomic mass is 10.0. The summed E-state index contributed by atoms with van der Waals surface area (Å²) in [6, 6.07) is 0.508. The smallest absolute Gasteiger partial charge is 0.194 e. The maximum atomic E-state index is 4.22. The highest BCUT2D eigenvalue weighted by Gasteiger charge is 2.36. The molecule has 1 aliphatic heterocycles. The largest absolute Gasteiger partial charge is 0.354 e. The van der Waals surface area contributed by atoms with E-state index < -0.39 is 0 Å². The van der Waals surface area contributed by atoms with Crippen molar-refractivity contribution in [1.82, 2.24) is 10.2 Å². The van der Waals surface area contributed by atoms with Crippen LogP contribution in [0.5, 0.6) is 0 Å². The molecule has 70 valence electrons. The molecule has 0 unspecified atom stereocenters. The molecule has 1 fully saturated rings. The second kappa shape index (κ2) is 2.96. The van der Waals surface area contributed by atoms with Gasteiger partial charge in [0.25, 0.3) is 0 Å². The van der Waals surface area contributed by atoms with Crippen LogP contribution in [0, 0.1) is 0 Å². The van der Waals surface area contributed by atoms with Gasteiger partial charge in [0.15, 0.2) is 5.96 Å². The van der Waals surface area contributed by atoms with E-state index in [1.165, 1.54) is 0 Å². The van der Waals surface area contributed by atoms with Gasteiger partial charge in [-0.2, -0.15) is 0 Å². The minimum absolute atomic E-state index is 0.197. The van der Waals surface area contributed by atoms with Crippen molar-refractivity contribution in [2.75, 3.05) is 13.6 Å². The molecule has 3 nitrogen and oxygen atoms in total. The lowest BCUT2D eigenvalue weighted by molar-refractivity contribution is 0.211. The molecule has 0 aromatic heterocycles. The minimum Gasteiger partial charge on any atom is -0.354 e. The highest BCUT2D eigenvalue weighted by Crippen LogP contribution is 2.21. The molecule has 0 radical (unpaired) electrons. The average molecular weight is 169 g/mol. The molecule has 1 saturated heterocycles. The van der Waals surface area contributed by atoms with Gasteiger partial charge in [0.05, 0.1) is 5.54 Å². The van der Waals surface area contributed by atoms with Crippen LogP contribution in [0.4, 0.5) is 0 Å². The third kappa shape index (κ3) is 1.40. The van der Waals surface area contributed by atoms with E-state index >= 15 is 0 Å². The third-order valence-electron chi connectivity index (χ3n) is 2.29. The summed E-state index contributed by atoms with van der Waals surface area (Å²) in [7, 11) is 1.83. The van der Waals surface area contributed by atoms with Crippen LogP contribution in [-0.4, -0.2) is 36.0 Å². The summed E-state index contributed by atoms with van der Waals surface area (Å²) in [6.07, 6.45) is 0. The Kier molecular flexibility index (Phi) is 2.31. The zero-order valence-corrected chi connectivity index (χ0v) is 8.68. The molecular weight excluding hydrogens is 150 g/mol. The molecule has 0 saturated carbocycles. The van der Waals surface area contributed by atoms with E-state index in [1.807, 2.05) is 7.05 Å². The van der Waals surface area contributed by atoms with E-state index in [-0.39, 0.29) is 5.54 Å². The number of rotatable bonds is 1. The molecule has 0 amide bonds. The lowest BCUT2D eigenvalue weighted by Gasteiger charge is -2.34. The minimum atomic E-state index is 0.197. The van der Waals surface area contributed by atoms with Crippen LogP contribution in [0.3, 0.4) is 0 Å². The van der Waals surface area contributed by atoms with Crippen LogP contribution in [0.25, 0.3) is 0 Å². The quantitative estimate of drug-likeness (QED) is 0.635. The second-order valence-corrected chi connectivity index (χ2v) is 4.18. The highest BCUT2D eigenvalue weighted by atomic mass is 15.4. The molecule has 0 spiro atoms. The molecule has 0 bridgehead atoms. The normalized spacial score (nSPS) is 25.2. The van der Waals surface area contributed by atoms with Crippen molar-refractivity contribution in [1.29, 1.82) is 0 Å². The zero-order chi connectivity index (χ0) is 9.35. The molecule has 0 aromatic rings. The molecular formula is C9H19N3. The highest BCUT2D eigenvalue weighted by molar-refractivity contribution is 5.83. The first-order valence-corrected chi connectivity index (χ1v) is 4.49. The van der Waals surface area contributed by atoms with E-state index in [4.69, 9.17) is 0 Å². The van der Waals surface area contributed by atoms with Gasteiger partial charge in [-0.15, -0.1) is 0 Å². The van der Waals surface area contributed by atoms with E-state index in [0.29, 0.717) is 6.04 Å². The summed E-state index contributed by atoms with van der Waals surface area (Å²) in [4.78, 5) is 6.54. The molecule has 1 rings (SSSR count). The van der Waals surface area contributed by atoms with E-state index in [2.05, 4.69) is 42.9 Å². The van der Waals surface area contributed by atoms with Crippen molar-refractivity contribution in [3.63, 3.8) is 0 Å². The van der Waals surface area contributed by atoms with E-state index in [0.717, 1.165) is 12.5 Å². The van der Waals surface area contributed by atoms with Gasteiger partial charge in [0.1, 0.15) is 0 Å². The SMILES string of the molecule is CN=C1NCC(C)(C)N1C(C)C. The van der Waals surface area contributed by atoms with Crippen LogP contribution >= 0.6 is 0 Å². The summed E-state index contributed by atoms with van der Waals surface area (Å²) >= 11 is 0. The molecule has 1 N–H and O–H groups in total. The number of aliphatic imine (C=N–C) groups is 1. The van der Waals surface area contributed by atoms with Gasteiger partial charge >= 0.3 is 0 Å². The summed E-state index contributed by atoms with van der Waals surface area (Å²) in [5.74, 6) is 1.02. The Morgan fingerprint density at radius 1 is 1.50 bits per heavy atom. The topological polar surface area (TPSA) is 27.6 Å². The van der Waals surface area contributed by atoms with Gasteiger partial charge in [-0.05, 0) is 27.7 Å². The standard InChI is InChI=1S/C9H19N3/c1-7(2)12-8(10-5)11-6-9(12,3)4/h7H,6H2,1-5H3,(H,10,11). The van der Waals surface area contributed by atoms with Crippen LogP contribution in [0.2, 0.25) is 0 Å². The van der Waals surface area contributed by atoms with Gasteiger partial charge in [-0.3, -0.25) is 4.99 Å². The number of guanidine groups is 1. The van der Waals surface area contributed by atoms with Crippen molar-refractivity contribution in [2.45, 2.75) is 39.3 Å². The summed E-state index contributed by atoms with van der Waals surface area (Å²) in [6.45, 7) is 9.84. The van der Waals surface area contributed by atoms with Crippen LogP contribution in [-0.2, 0) is 0 Å². The maximum Gasteiger partial charge on any atom is 0.194 e. The van der Waals surface area contributed by atoms with E-state index in [1.54, 1.807) is 0 Å². The van der Waals surface area contributed by atoms with Crippen molar-refractivity contribution in [3.8, 4) is 0 Å². The number of hydrogen-bond acceptors (Lipinski definition) is 1. The molecule has 1 heterocycles. The van der Waals surface area contributed by atoms with E-state index in [9.17, 15) is 0 Å². The summed E-state index contributed by atoms with van der Waals surface area (Å²) < 4.78 is 0. The summed E-state index contributed by atoms with van der Waals surface area (Å²) in [5.41, 5.74) is 0.197. The second-order valence-electron chi connectivity index (χ2n) is 4.18. The fourth-order valence-corrected chi connectivity index (χ4v) is 1.88. The van der Waals surface area contributed by atoms with Crippen molar-refractivity contribution >= 4 is 5.96 Å². The van der Waals surface area contributed by atoms with Crippen molar-refractivity contribution in [3.05, 3.63) is 0 Å². The molecule has 0 aromatic carbocycles. The Morgan fingerprint density at radius 3 is 2.42 bits per heavy atom. The average Bonchev–Trinajstić information content (AvgIpc) is 2.24. The predicted molar refractivity (Wildman–Crippen MR) is 52.4 cm³/mol. The first kappa shape index (κ1) is 9.36. The van der Waals surface area contributed by atoms with Gasteiger partial charge in [-0.1, -0.05) is 0 Å². The van der Waals surface area contributed by atoms with Gasteiger partial charge < -0.3 is 10.2 Å². The Bertz CT molecular complexity index is 194. The fraction of sp³-hybridized carbons (Fsp3) is 0.889. The van der Waals surface area contributed by atoms with Crippen LogP contribution in [0.1, 0.15) is 27.7 Å². The Balaban J connectivity index is 2.88. The molecule has 1 aliphatic rings. The Hall–Kier alpha value is -0.730. The zero-order valence-electron chi connectivity index (χ0n) is 8.68. The molecule has 0 atom stereocenters. The Morgan fingerprint density at radius 2 is 2.08 bits per heavy atom. The van der Waals surface area contributed by atoms with Crippen LogP contribution < -0.4 is 5.32 Å². The molecule has 3 heteroatoms. The summed E-state index contributed by atoms with van der Waals surface area (Å²) in [5, 5.41) is 3.30. The van der Waals surface area contributed by atoms with Crippen molar-refractivity contribution < 1.29 is 0 Å².